The lowest BCUT2D eigenvalue weighted by Gasteiger charge is -2.15. The van der Waals surface area contributed by atoms with E-state index in [2.05, 4.69) is 15.5 Å². The first-order valence-electron chi connectivity index (χ1n) is 9.36. The van der Waals surface area contributed by atoms with Gasteiger partial charge in [0.25, 0.3) is 5.91 Å². The van der Waals surface area contributed by atoms with Crippen LogP contribution in [-0.4, -0.2) is 36.5 Å². The van der Waals surface area contributed by atoms with Crippen LogP contribution in [0.4, 0.5) is 0 Å². The first kappa shape index (κ1) is 17.9. The van der Waals surface area contributed by atoms with Crippen LogP contribution in [0.5, 0.6) is 0 Å². The molecular formula is C21H22N6O. The zero-order chi connectivity index (χ0) is 19.5. The van der Waals surface area contributed by atoms with Crippen LogP contribution in [0.25, 0.3) is 22.3 Å². The highest BCUT2D eigenvalue weighted by Crippen LogP contribution is 2.25. The van der Waals surface area contributed by atoms with E-state index in [-0.39, 0.29) is 11.9 Å². The molecule has 0 unspecified atom stereocenters. The molecule has 1 N–H and O–H groups in total. The SMILES string of the molecule is CCn1ncc2c(C(=O)N[C@H](C)Cn3cccn3)cc(-c3ccccc3)nc21. The lowest BCUT2D eigenvalue weighted by Crippen LogP contribution is -2.36. The number of pyridine rings is 1. The first-order valence-corrected chi connectivity index (χ1v) is 9.36. The fourth-order valence-electron chi connectivity index (χ4n) is 3.26. The van der Waals surface area contributed by atoms with E-state index in [0.29, 0.717) is 24.3 Å². The first-order chi connectivity index (χ1) is 13.7. The molecule has 3 aromatic heterocycles. The minimum Gasteiger partial charge on any atom is -0.348 e. The van der Waals surface area contributed by atoms with E-state index in [1.807, 2.05) is 67.2 Å². The number of carbonyl (C=O) groups is 1. The van der Waals surface area contributed by atoms with E-state index < -0.39 is 0 Å². The van der Waals surface area contributed by atoms with Crippen LogP contribution in [0.2, 0.25) is 0 Å². The summed E-state index contributed by atoms with van der Waals surface area (Å²) in [5, 5.41) is 12.4. The molecule has 4 aromatic rings. The van der Waals surface area contributed by atoms with Gasteiger partial charge in [0.2, 0.25) is 0 Å². The molecule has 0 fully saturated rings. The molecule has 1 amide bonds. The minimum absolute atomic E-state index is 0.0722. The fraction of sp³-hybridized carbons (Fsp3) is 0.238. The zero-order valence-electron chi connectivity index (χ0n) is 15.9. The number of nitrogens with one attached hydrogen (secondary N) is 1. The number of amides is 1. The maximum Gasteiger partial charge on any atom is 0.252 e. The van der Waals surface area contributed by atoms with Gasteiger partial charge in [-0.2, -0.15) is 10.2 Å². The molecular weight excluding hydrogens is 352 g/mol. The Morgan fingerprint density at radius 3 is 2.71 bits per heavy atom. The van der Waals surface area contributed by atoms with Gasteiger partial charge in [-0.25, -0.2) is 9.67 Å². The van der Waals surface area contributed by atoms with Gasteiger partial charge in [-0.3, -0.25) is 9.48 Å². The third-order valence-corrected chi connectivity index (χ3v) is 4.62. The molecule has 0 aliphatic heterocycles. The second-order valence-corrected chi connectivity index (χ2v) is 6.72. The number of carbonyl (C=O) groups excluding carboxylic acids is 1. The summed E-state index contributed by atoms with van der Waals surface area (Å²) in [5.41, 5.74) is 3.02. The van der Waals surface area contributed by atoms with Gasteiger partial charge in [-0.15, -0.1) is 0 Å². The number of rotatable bonds is 6. The minimum atomic E-state index is -0.139. The highest BCUT2D eigenvalue weighted by atomic mass is 16.1. The molecule has 3 heterocycles. The Morgan fingerprint density at radius 2 is 2.00 bits per heavy atom. The highest BCUT2D eigenvalue weighted by Gasteiger charge is 2.18. The average Bonchev–Trinajstić information content (AvgIpc) is 3.37. The summed E-state index contributed by atoms with van der Waals surface area (Å²) >= 11 is 0. The molecule has 0 radical (unpaired) electrons. The van der Waals surface area contributed by atoms with Crippen molar-refractivity contribution < 1.29 is 4.79 Å². The highest BCUT2D eigenvalue weighted by molar-refractivity contribution is 6.06. The Morgan fingerprint density at radius 1 is 1.18 bits per heavy atom. The molecule has 0 aliphatic carbocycles. The standard InChI is InChI=1S/C21H22N6O/c1-3-27-20-18(13-23-27)17(12-19(25-20)16-8-5-4-6-9-16)21(28)24-15(2)14-26-11-7-10-22-26/h4-13,15H,3,14H2,1-2H3,(H,24,28)/t15-/m1/s1. The van der Waals surface area contributed by atoms with Crippen LogP contribution in [0, 0.1) is 0 Å². The van der Waals surface area contributed by atoms with Crippen LogP contribution in [0.15, 0.2) is 61.1 Å². The molecule has 0 spiro atoms. The monoisotopic (exact) mass is 374 g/mol. The third kappa shape index (κ3) is 3.51. The van der Waals surface area contributed by atoms with Crippen molar-refractivity contribution in [2.75, 3.05) is 0 Å². The van der Waals surface area contributed by atoms with Gasteiger partial charge in [-0.05, 0) is 26.0 Å². The maximum atomic E-state index is 13.1. The molecule has 1 aromatic carbocycles. The number of aromatic nitrogens is 5. The summed E-state index contributed by atoms with van der Waals surface area (Å²) in [6.45, 7) is 5.26. The van der Waals surface area contributed by atoms with E-state index in [4.69, 9.17) is 4.98 Å². The van der Waals surface area contributed by atoms with Crippen LogP contribution in [0.3, 0.4) is 0 Å². The zero-order valence-corrected chi connectivity index (χ0v) is 15.9. The van der Waals surface area contributed by atoms with Gasteiger partial charge in [0.15, 0.2) is 5.65 Å². The van der Waals surface area contributed by atoms with Crippen LogP contribution in [0.1, 0.15) is 24.2 Å². The normalized spacial score (nSPS) is 12.2. The predicted molar refractivity (Wildman–Crippen MR) is 108 cm³/mol. The van der Waals surface area contributed by atoms with Crippen molar-refractivity contribution in [3.8, 4) is 11.3 Å². The summed E-state index contributed by atoms with van der Waals surface area (Å²) < 4.78 is 3.61. The number of benzene rings is 1. The van der Waals surface area contributed by atoms with Gasteiger partial charge >= 0.3 is 0 Å². The Bertz CT molecular complexity index is 1090. The van der Waals surface area contributed by atoms with Gasteiger partial charge in [0.05, 0.1) is 29.4 Å². The topological polar surface area (TPSA) is 77.6 Å². The Labute approximate surface area is 163 Å². The number of aryl methyl sites for hydroxylation is 1. The summed E-state index contributed by atoms with van der Waals surface area (Å²) in [6.07, 6.45) is 5.33. The average molecular weight is 374 g/mol. The van der Waals surface area contributed by atoms with Gasteiger partial charge in [0.1, 0.15) is 0 Å². The van der Waals surface area contributed by atoms with Crippen LogP contribution in [-0.2, 0) is 13.1 Å². The molecule has 0 saturated carbocycles. The fourth-order valence-corrected chi connectivity index (χ4v) is 3.26. The lowest BCUT2D eigenvalue weighted by molar-refractivity contribution is 0.0937. The van der Waals surface area contributed by atoms with Crippen molar-refractivity contribution in [1.29, 1.82) is 0 Å². The molecule has 0 bridgehead atoms. The van der Waals surface area contributed by atoms with Crippen LogP contribution < -0.4 is 5.32 Å². The van der Waals surface area contributed by atoms with E-state index >= 15 is 0 Å². The Balaban J connectivity index is 1.70. The summed E-state index contributed by atoms with van der Waals surface area (Å²) in [4.78, 5) is 17.8. The van der Waals surface area contributed by atoms with Crippen molar-refractivity contribution in [2.24, 2.45) is 0 Å². The smallest absolute Gasteiger partial charge is 0.252 e. The Hall–Kier alpha value is -3.48. The summed E-state index contributed by atoms with van der Waals surface area (Å²) in [5.74, 6) is -0.139. The number of hydrogen-bond acceptors (Lipinski definition) is 4. The molecule has 4 rings (SSSR count). The Kier molecular flexibility index (Phi) is 4.89. The molecule has 7 nitrogen and oxygen atoms in total. The van der Waals surface area contributed by atoms with Crippen molar-refractivity contribution in [3.05, 3.63) is 66.6 Å². The van der Waals surface area contributed by atoms with E-state index in [9.17, 15) is 4.79 Å². The molecule has 7 heteroatoms. The van der Waals surface area contributed by atoms with Crippen molar-refractivity contribution in [3.63, 3.8) is 0 Å². The van der Waals surface area contributed by atoms with E-state index in [0.717, 1.165) is 16.6 Å². The molecule has 142 valence electrons. The second-order valence-electron chi connectivity index (χ2n) is 6.72. The number of fused-ring (bicyclic) bond motifs is 1. The molecule has 1 atom stereocenters. The van der Waals surface area contributed by atoms with Gasteiger partial charge in [-0.1, -0.05) is 30.3 Å². The molecule has 28 heavy (non-hydrogen) atoms. The van der Waals surface area contributed by atoms with Gasteiger partial charge in [0, 0.05) is 30.5 Å². The second kappa shape index (κ2) is 7.64. The van der Waals surface area contributed by atoms with Gasteiger partial charge < -0.3 is 5.32 Å². The number of hydrogen-bond donors (Lipinski definition) is 1. The molecule has 0 aliphatic rings. The van der Waals surface area contributed by atoms with Crippen molar-refractivity contribution in [2.45, 2.75) is 33.0 Å². The van der Waals surface area contributed by atoms with E-state index in [1.54, 1.807) is 17.1 Å². The third-order valence-electron chi connectivity index (χ3n) is 4.62. The summed E-state index contributed by atoms with van der Waals surface area (Å²) in [6, 6.07) is 13.5. The summed E-state index contributed by atoms with van der Waals surface area (Å²) in [7, 11) is 0. The van der Waals surface area contributed by atoms with E-state index in [1.165, 1.54) is 0 Å². The van der Waals surface area contributed by atoms with Crippen molar-refractivity contribution in [1.82, 2.24) is 29.9 Å². The van der Waals surface area contributed by atoms with Crippen molar-refractivity contribution >= 4 is 16.9 Å². The molecule has 0 saturated heterocycles. The van der Waals surface area contributed by atoms with Crippen LogP contribution >= 0.6 is 0 Å². The maximum absolute atomic E-state index is 13.1. The largest absolute Gasteiger partial charge is 0.348 e. The number of nitrogens with zero attached hydrogens (tertiary/aromatic N) is 5. The quantitative estimate of drug-likeness (QED) is 0.562. The lowest BCUT2D eigenvalue weighted by atomic mass is 10.1. The predicted octanol–water partition coefficient (Wildman–Crippen LogP) is 3.13.